The van der Waals surface area contributed by atoms with Crippen molar-refractivity contribution in [3.8, 4) is 5.75 Å². The Labute approximate surface area is 185 Å². The maximum absolute atomic E-state index is 12.1. The number of esters is 2. The van der Waals surface area contributed by atoms with Gasteiger partial charge in [-0.05, 0) is 81.3 Å². The summed E-state index contributed by atoms with van der Waals surface area (Å²) in [5, 5.41) is 0. The van der Waals surface area contributed by atoms with Crippen molar-refractivity contribution in [3.05, 3.63) is 77.4 Å². The molecule has 0 bridgehead atoms. The zero-order valence-electron chi connectivity index (χ0n) is 18.7. The van der Waals surface area contributed by atoms with Gasteiger partial charge in [-0.25, -0.2) is 9.59 Å². The maximum atomic E-state index is 12.1. The van der Waals surface area contributed by atoms with Gasteiger partial charge in [0.25, 0.3) is 0 Å². The lowest BCUT2D eigenvalue weighted by Crippen LogP contribution is -2.23. The van der Waals surface area contributed by atoms with Crippen molar-refractivity contribution in [1.29, 1.82) is 0 Å². The first-order valence-electron chi connectivity index (χ1n) is 11.1. The molecule has 0 radical (unpaired) electrons. The van der Waals surface area contributed by atoms with E-state index in [1.54, 1.807) is 24.3 Å². The van der Waals surface area contributed by atoms with Gasteiger partial charge in [0.1, 0.15) is 11.4 Å². The Morgan fingerprint density at radius 1 is 0.935 bits per heavy atom. The van der Waals surface area contributed by atoms with Crippen LogP contribution in [0.25, 0.3) is 0 Å². The molecule has 2 aromatic rings. The first kappa shape index (κ1) is 22.8. The minimum Gasteiger partial charge on any atom is -0.456 e. The van der Waals surface area contributed by atoms with E-state index in [9.17, 15) is 9.59 Å². The number of allylic oxidation sites excluding steroid dienone is 1. The summed E-state index contributed by atoms with van der Waals surface area (Å²) in [6, 6.07) is 15.1. The third kappa shape index (κ3) is 7.39. The molecule has 4 nitrogen and oxygen atoms in total. The number of hydrogen-bond donors (Lipinski definition) is 0. The lowest BCUT2D eigenvalue weighted by Gasteiger charge is -2.22. The Bertz CT molecular complexity index is 896. The Balaban J connectivity index is 1.47. The van der Waals surface area contributed by atoms with Crippen LogP contribution >= 0.6 is 0 Å². The van der Waals surface area contributed by atoms with Crippen molar-refractivity contribution in [1.82, 2.24) is 0 Å². The second kappa shape index (κ2) is 10.4. The van der Waals surface area contributed by atoms with Crippen molar-refractivity contribution < 1.29 is 19.1 Å². The predicted molar refractivity (Wildman–Crippen MR) is 122 cm³/mol. The molecule has 3 rings (SSSR count). The van der Waals surface area contributed by atoms with E-state index >= 15 is 0 Å². The average Bonchev–Trinajstić information content (AvgIpc) is 2.74. The molecule has 0 atom stereocenters. The van der Waals surface area contributed by atoms with E-state index in [4.69, 9.17) is 9.47 Å². The van der Waals surface area contributed by atoms with Crippen molar-refractivity contribution >= 4 is 11.9 Å². The number of benzene rings is 2. The molecule has 0 aromatic heterocycles. The van der Waals surface area contributed by atoms with Crippen LogP contribution in [0.5, 0.6) is 5.75 Å². The van der Waals surface area contributed by atoms with E-state index in [-0.39, 0.29) is 0 Å². The number of rotatable bonds is 6. The molecule has 1 aliphatic rings. The molecule has 0 heterocycles. The largest absolute Gasteiger partial charge is 0.456 e. The lowest BCUT2D eigenvalue weighted by molar-refractivity contribution is -0.129. The van der Waals surface area contributed by atoms with Crippen molar-refractivity contribution in [3.63, 3.8) is 0 Å². The highest BCUT2D eigenvalue weighted by atomic mass is 16.6. The summed E-state index contributed by atoms with van der Waals surface area (Å²) in [6.45, 7) is 5.45. The van der Waals surface area contributed by atoms with Gasteiger partial charge in [0.05, 0.1) is 5.56 Å². The topological polar surface area (TPSA) is 52.6 Å². The first-order chi connectivity index (χ1) is 14.8. The first-order valence-corrected chi connectivity index (χ1v) is 11.1. The van der Waals surface area contributed by atoms with E-state index in [2.05, 4.69) is 24.3 Å². The van der Waals surface area contributed by atoms with Gasteiger partial charge < -0.3 is 9.47 Å². The fourth-order valence-electron chi connectivity index (χ4n) is 3.80. The van der Waals surface area contributed by atoms with Crippen LogP contribution in [0.3, 0.4) is 0 Å². The highest BCUT2D eigenvalue weighted by Crippen LogP contribution is 2.32. The fourth-order valence-corrected chi connectivity index (χ4v) is 3.80. The highest BCUT2D eigenvalue weighted by Gasteiger charge is 2.18. The van der Waals surface area contributed by atoms with Crippen LogP contribution in [0, 0.1) is 0 Å². The zero-order chi connectivity index (χ0) is 22.3. The van der Waals surface area contributed by atoms with Crippen LogP contribution < -0.4 is 4.74 Å². The van der Waals surface area contributed by atoms with Crippen LogP contribution in [0.2, 0.25) is 0 Å². The van der Waals surface area contributed by atoms with Crippen LogP contribution in [-0.2, 0) is 16.0 Å². The van der Waals surface area contributed by atoms with Gasteiger partial charge in [-0.15, -0.1) is 0 Å². The molecule has 0 aliphatic heterocycles. The molecule has 1 saturated carbocycles. The standard InChI is InChI=1S/C27H32O4/c1-27(2,3)31-26(29)23-16-18-24(19-17-23)30-25(28)11-7-8-20-12-14-22(15-13-20)21-9-5-4-6-10-21/h7,11-19,21H,4-6,8-10H2,1-3H3/b11-7+. The molecule has 0 unspecified atom stereocenters. The number of hydrogen-bond acceptors (Lipinski definition) is 4. The van der Waals surface area contributed by atoms with Gasteiger partial charge in [-0.2, -0.15) is 0 Å². The Morgan fingerprint density at radius 2 is 1.58 bits per heavy atom. The highest BCUT2D eigenvalue weighted by molar-refractivity contribution is 5.90. The molecule has 164 valence electrons. The van der Waals surface area contributed by atoms with Gasteiger partial charge in [0, 0.05) is 6.08 Å². The summed E-state index contributed by atoms with van der Waals surface area (Å²) in [7, 11) is 0. The normalized spacial score (nSPS) is 15.1. The molecular weight excluding hydrogens is 388 g/mol. The molecule has 4 heteroatoms. The number of carbonyl (C=O) groups is 2. The summed E-state index contributed by atoms with van der Waals surface area (Å²) in [5.41, 5.74) is 2.47. The minimum absolute atomic E-state index is 0.388. The van der Waals surface area contributed by atoms with Crippen LogP contribution in [0.4, 0.5) is 0 Å². The molecule has 31 heavy (non-hydrogen) atoms. The molecule has 0 N–H and O–H groups in total. The Hall–Kier alpha value is -2.88. The van der Waals surface area contributed by atoms with Gasteiger partial charge in [0.15, 0.2) is 0 Å². The van der Waals surface area contributed by atoms with E-state index in [0.717, 1.165) is 0 Å². The van der Waals surface area contributed by atoms with Gasteiger partial charge in [0.2, 0.25) is 0 Å². The molecule has 2 aromatic carbocycles. The second-order valence-electron chi connectivity index (χ2n) is 9.13. The number of carbonyl (C=O) groups excluding carboxylic acids is 2. The van der Waals surface area contributed by atoms with Gasteiger partial charge in [-0.1, -0.05) is 49.6 Å². The fraction of sp³-hybridized carbons (Fsp3) is 0.407. The monoisotopic (exact) mass is 420 g/mol. The van der Waals surface area contributed by atoms with Crippen LogP contribution in [0.15, 0.2) is 60.7 Å². The summed E-state index contributed by atoms with van der Waals surface area (Å²) < 4.78 is 10.6. The lowest BCUT2D eigenvalue weighted by atomic mass is 9.84. The predicted octanol–water partition coefficient (Wildman–Crippen LogP) is 6.39. The maximum Gasteiger partial charge on any atom is 0.338 e. The smallest absolute Gasteiger partial charge is 0.338 e. The summed E-state index contributed by atoms with van der Waals surface area (Å²) >= 11 is 0. The molecule has 0 spiro atoms. The quantitative estimate of drug-likeness (QED) is 0.308. The van der Waals surface area contributed by atoms with Crippen molar-refractivity contribution in [2.75, 3.05) is 0 Å². The summed E-state index contributed by atoms with van der Waals surface area (Å²) in [5.74, 6) is 0.248. The molecule has 0 saturated heterocycles. The van der Waals surface area contributed by atoms with E-state index in [0.29, 0.717) is 23.7 Å². The zero-order valence-corrected chi connectivity index (χ0v) is 18.7. The summed E-state index contributed by atoms with van der Waals surface area (Å²) in [6.07, 6.45) is 10.6. The third-order valence-corrected chi connectivity index (χ3v) is 5.37. The van der Waals surface area contributed by atoms with Gasteiger partial charge in [-0.3, -0.25) is 0 Å². The Morgan fingerprint density at radius 3 is 2.19 bits per heavy atom. The third-order valence-electron chi connectivity index (χ3n) is 5.37. The van der Waals surface area contributed by atoms with E-state index in [1.807, 2.05) is 26.8 Å². The number of ether oxygens (including phenoxy) is 2. The summed E-state index contributed by atoms with van der Waals surface area (Å²) in [4.78, 5) is 24.1. The average molecular weight is 421 g/mol. The molecule has 1 aliphatic carbocycles. The molecule has 1 fully saturated rings. The van der Waals surface area contributed by atoms with E-state index in [1.165, 1.54) is 49.3 Å². The van der Waals surface area contributed by atoms with Crippen molar-refractivity contribution in [2.45, 2.75) is 70.8 Å². The van der Waals surface area contributed by atoms with Crippen LogP contribution in [-0.4, -0.2) is 17.5 Å². The van der Waals surface area contributed by atoms with Crippen molar-refractivity contribution in [2.24, 2.45) is 0 Å². The second-order valence-corrected chi connectivity index (χ2v) is 9.13. The van der Waals surface area contributed by atoms with Crippen LogP contribution in [0.1, 0.15) is 80.3 Å². The minimum atomic E-state index is -0.552. The molecular formula is C27H32O4. The molecule has 0 amide bonds. The van der Waals surface area contributed by atoms with E-state index < -0.39 is 17.5 Å². The van der Waals surface area contributed by atoms with Gasteiger partial charge >= 0.3 is 11.9 Å². The Kier molecular flexibility index (Phi) is 7.67. The SMILES string of the molecule is CC(C)(C)OC(=O)c1ccc(OC(=O)/C=C/Cc2ccc(C3CCCCC3)cc2)cc1.